The van der Waals surface area contributed by atoms with Crippen molar-refractivity contribution < 1.29 is 13.9 Å². The van der Waals surface area contributed by atoms with Crippen molar-refractivity contribution in [1.29, 1.82) is 0 Å². The minimum Gasteiger partial charge on any atom is -0.497 e. The normalized spacial score (nSPS) is 18.4. The zero-order valence-corrected chi connectivity index (χ0v) is 20.3. The zero-order chi connectivity index (χ0) is 23.4. The van der Waals surface area contributed by atoms with E-state index in [2.05, 4.69) is 35.4 Å². The number of rotatable bonds is 8. The Labute approximate surface area is 199 Å². The lowest BCUT2D eigenvalue weighted by Gasteiger charge is -2.28. The molecule has 0 aliphatic carbocycles. The summed E-state index contributed by atoms with van der Waals surface area (Å²) in [5.74, 6) is 1.26. The van der Waals surface area contributed by atoms with Gasteiger partial charge in [-0.15, -0.1) is 11.3 Å². The minimum atomic E-state index is -0.261. The first kappa shape index (κ1) is 23.5. The molecule has 3 aromatic rings. The summed E-state index contributed by atoms with van der Waals surface area (Å²) in [6, 6.07) is 16.9. The quantitative estimate of drug-likeness (QED) is 0.441. The first-order chi connectivity index (χ1) is 15.9. The van der Waals surface area contributed by atoms with Gasteiger partial charge in [-0.3, -0.25) is 9.69 Å². The first-order valence-corrected chi connectivity index (χ1v) is 12.2. The molecule has 0 spiro atoms. The Morgan fingerprint density at radius 1 is 1.12 bits per heavy atom. The number of halogens is 1. The van der Waals surface area contributed by atoms with Gasteiger partial charge in [-0.25, -0.2) is 4.39 Å². The van der Waals surface area contributed by atoms with Crippen LogP contribution in [0.1, 0.15) is 34.4 Å². The monoisotopic (exact) mass is 466 g/mol. The second-order valence-corrected chi connectivity index (χ2v) is 9.89. The van der Waals surface area contributed by atoms with E-state index in [1.807, 2.05) is 28.4 Å². The van der Waals surface area contributed by atoms with Gasteiger partial charge in [-0.2, -0.15) is 0 Å². The molecule has 174 valence electrons. The van der Waals surface area contributed by atoms with Crippen LogP contribution in [0, 0.1) is 18.7 Å². The number of benzene rings is 2. The minimum absolute atomic E-state index is 0.0420. The fourth-order valence-corrected chi connectivity index (χ4v) is 5.62. The summed E-state index contributed by atoms with van der Waals surface area (Å²) in [5.41, 5.74) is 3.55. The average Bonchev–Trinajstić information content (AvgIpc) is 3.40. The van der Waals surface area contributed by atoms with E-state index in [0.29, 0.717) is 24.9 Å². The van der Waals surface area contributed by atoms with Gasteiger partial charge in [0.2, 0.25) is 5.91 Å². The maximum absolute atomic E-state index is 13.3. The van der Waals surface area contributed by atoms with Gasteiger partial charge in [0.15, 0.2) is 0 Å². The van der Waals surface area contributed by atoms with Crippen LogP contribution in [-0.2, 0) is 17.9 Å². The highest BCUT2D eigenvalue weighted by atomic mass is 32.1. The number of likely N-dealkylation sites (tertiary alicyclic amines) is 1. The highest BCUT2D eigenvalue weighted by molar-refractivity contribution is 7.10. The van der Waals surface area contributed by atoms with Crippen LogP contribution in [0.2, 0.25) is 0 Å². The lowest BCUT2D eigenvalue weighted by molar-refractivity contribution is -0.130. The number of nitrogens with zero attached hydrogens (tertiary/aromatic N) is 2. The number of thiophene rings is 1. The van der Waals surface area contributed by atoms with Gasteiger partial charge < -0.3 is 9.64 Å². The number of carbonyl (C=O) groups excluding carboxylic acids is 1. The zero-order valence-electron chi connectivity index (χ0n) is 19.5. The van der Waals surface area contributed by atoms with Crippen molar-refractivity contribution in [1.82, 2.24) is 9.80 Å². The number of ether oxygens (including phenoxy) is 1. The van der Waals surface area contributed by atoms with Crippen LogP contribution in [0.15, 0.2) is 60.0 Å². The molecule has 2 atom stereocenters. The average molecular weight is 467 g/mol. The number of methoxy groups -OCH3 is 1. The van der Waals surface area contributed by atoms with Crippen molar-refractivity contribution in [2.24, 2.45) is 5.92 Å². The molecule has 4 rings (SSSR count). The van der Waals surface area contributed by atoms with Crippen LogP contribution in [-0.4, -0.2) is 42.5 Å². The Balaban J connectivity index is 1.54. The van der Waals surface area contributed by atoms with Crippen molar-refractivity contribution in [3.63, 3.8) is 0 Å². The van der Waals surface area contributed by atoms with Gasteiger partial charge in [-0.1, -0.05) is 24.3 Å². The molecule has 0 saturated carbocycles. The van der Waals surface area contributed by atoms with E-state index in [0.717, 1.165) is 30.9 Å². The standard InChI is InChI=1S/C27H31FN2O2S/c1-19-12-13-33-27(19)18-29-15-23(26(17-29)22-6-10-25(32-3)11-7-22)16-30(20(2)31)14-21-4-8-24(28)9-5-21/h4-13,23,26H,14-18H2,1-3H3/t23-,26+/m1/s1. The van der Waals surface area contributed by atoms with Crippen LogP contribution < -0.4 is 4.74 Å². The number of carbonyl (C=O) groups is 1. The summed E-state index contributed by atoms with van der Waals surface area (Å²) in [7, 11) is 1.68. The SMILES string of the molecule is COc1ccc([C@@H]2CN(Cc3sccc3C)C[C@@H]2CN(Cc2ccc(F)cc2)C(C)=O)cc1. The van der Waals surface area contributed by atoms with Gasteiger partial charge in [0.05, 0.1) is 7.11 Å². The lowest BCUT2D eigenvalue weighted by Crippen LogP contribution is -2.35. The van der Waals surface area contributed by atoms with E-state index >= 15 is 0 Å². The van der Waals surface area contributed by atoms with E-state index < -0.39 is 0 Å². The smallest absolute Gasteiger partial charge is 0.219 e. The molecule has 1 aliphatic rings. The fraction of sp³-hybridized carbons (Fsp3) is 0.370. The van der Waals surface area contributed by atoms with E-state index in [9.17, 15) is 9.18 Å². The summed E-state index contributed by atoms with van der Waals surface area (Å²) in [4.78, 5) is 18.3. The third kappa shape index (κ3) is 5.81. The van der Waals surface area contributed by atoms with Crippen LogP contribution >= 0.6 is 11.3 Å². The molecule has 33 heavy (non-hydrogen) atoms. The largest absolute Gasteiger partial charge is 0.497 e. The molecule has 2 aromatic carbocycles. The van der Waals surface area contributed by atoms with E-state index in [4.69, 9.17) is 4.74 Å². The predicted octanol–water partition coefficient (Wildman–Crippen LogP) is 5.47. The molecular weight excluding hydrogens is 435 g/mol. The molecule has 1 aromatic heterocycles. The summed E-state index contributed by atoms with van der Waals surface area (Å²) >= 11 is 1.81. The predicted molar refractivity (Wildman–Crippen MR) is 131 cm³/mol. The van der Waals surface area contributed by atoms with Crippen molar-refractivity contribution in [3.05, 3.63) is 87.4 Å². The molecule has 2 heterocycles. The van der Waals surface area contributed by atoms with E-state index in [1.165, 1.54) is 28.1 Å². The summed E-state index contributed by atoms with van der Waals surface area (Å²) in [6.45, 7) is 7.77. The van der Waals surface area contributed by atoms with Crippen molar-refractivity contribution in [3.8, 4) is 5.75 Å². The summed E-state index contributed by atoms with van der Waals surface area (Å²) < 4.78 is 18.7. The number of amides is 1. The molecule has 0 N–H and O–H groups in total. The van der Waals surface area contributed by atoms with Gasteiger partial charge in [-0.05, 0) is 65.2 Å². The number of hydrogen-bond donors (Lipinski definition) is 0. The second kappa shape index (κ2) is 10.5. The Morgan fingerprint density at radius 2 is 1.85 bits per heavy atom. The van der Waals surface area contributed by atoms with E-state index in [1.54, 1.807) is 26.2 Å². The molecule has 1 fully saturated rings. The summed E-state index contributed by atoms with van der Waals surface area (Å²) in [5, 5.41) is 2.15. The Kier molecular flexibility index (Phi) is 7.46. The topological polar surface area (TPSA) is 32.8 Å². The molecule has 1 saturated heterocycles. The first-order valence-electron chi connectivity index (χ1n) is 11.3. The van der Waals surface area contributed by atoms with Crippen LogP contribution in [0.25, 0.3) is 0 Å². The van der Waals surface area contributed by atoms with Gasteiger partial charge in [0.25, 0.3) is 0 Å². The fourth-order valence-electron chi connectivity index (χ4n) is 4.67. The summed E-state index contributed by atoms with van der Waals surface area (Å²) in [6.07, 6.45) is 0. The van der Waals surface area contributed by atoms with Crippen molar-refractivity contribution in [2.45, 2.75) is 32.9 Å². The highest BCUT2D eigenvalue weighted by Crippen LogP contribution is 2.36. The number of aryl methyl sites for hydroxylation is 1. The molecule has 1 aliphatic heterocycles. The molecule has 0 bridgehead atoms. The molecule has 0 radical (unpaired) electrons. The highest BCUT2D eigenvalue weighted by Gasteiger charge is 2.35. The lowest BCUT2D eigenvalue weighted by atomic mass is 9.88. The Bertz CT molecular complexity index is 1060. The Morgan fingerprint density at radius 3 is 2.45 bits per heavy atom. The molecule has 0 unspecified atom stereocenters. The molecule has 6 heteroatoms. The van der Waals surface area contributed by atoms with Gasteiger partial charge in [0, 0.05) is 50.4 Å². The van der Waals surface area contributed by atoms with Crippen LogP contribution in [0.4, 0.5) is 4.39 Å². The second-order valence-electron chi connectivity index (χ2n) is 8.89. The molecule has 1 amide bonds. The van der Waals surface area contributed by atoms with Crippen LogP contribution in [0.5, 0.6) is 5.75 Å². The third-order valence-electron chi connectivity index (χ3n) is 6.58. The van der Waals surface area contributed by atoms with Gasteiger partial charge in [0.1, 0.15) is 11.6 Å². The number of hydrogen-bond acceptors (Lipinski definition) is 4. The molecule has 4 nitrogen and oxygen atoms in total. The third-order valence-corrected chi connectivity index (χ3v) is 7.59. The maximum Gasteiger partial charge on any atom is 0.219 e. The Hall–Kier alpha value is -2.70. The van der Waals surface area contributed by atoms with Crippen molar-refractivity contribution >= 4 is 17.2 Å². The van der Waals surface area contributed by atoms with Crippen molar-refractivity contribution in [2.75, 3.05) is 26.7 Å². The van der Waals surface area contributed by atoms with E-state index in [-0.39, 0.29) is 11.7 Å². The van der Waals surface area contributed by atoms with Gasteiger partial charge >= 0.3 is 0 Å². The maximum atomic E-state index is 13.3. The van der Waals surface area contributed by atoms with Crippen LogP contribution in [0.3, 0.4) is 0 Å². The molecular formula is C27H31FN2O2S.